The fourth-order valence-electron chi connectivity index (χ4n) is 4.16. The molecule has 6 nitrogen and oxygen atoms in total. The SMILES string of the molecule is CSc1cccc(NC(=O)N2CCCC3(CCc4cnc(N)nc43)C2)c1. The van der Waals surface area contributed by atoms with E-state index in [0.717, 1.165) is 48.5 Å². The van der Waals surface area contributed by atoms with E-state index in [0.29, 0.717) is 12.5 Å². The Kier molecular flexibility index (Phi) is 4.48. The van der Waals surface area contributed by atoms with Crippen LogP contribution in [0.25, 0.3) is 0 Å². The van der Waals surface area contributed by atoms with Crippen molar-refractivity contribution in [2.45, 2.75) is 36.0 Å². The van der Waals surface area contributed by atoms with Crippen molar-refractivity contribution < 1.29 is 4.79 Å². The molecule has 7 heteroatoms. The maximum Gasteiger partial charge on any atom is 0.321 e. The molecule has 2 amide bonds. The van der Waals surface area contributed by atoms with Crippen LogP contribution in [0.3, 0.4) is 0 Å². The third-order valence-corrected chi connectivity index (χ3v) is 6.17. The molecule has 1 spiro atoms. The molecule has 0 radical (unpaired) electrons. The quantitative estimate of drug-likeness (QED) is 0.794. The smallest absolute Gasteiger partial charge is 0.321 e. The highest BCUT2D eigenvalue weighted by Gasteiger charge is 2.44. The highest BCUT2D eigenvalue weighted by Crippen LogP contribution is 2.44. The third kappa shape index (κ3) is 3.11. The van der Waals surface area contributed by atoms with Gasteiger partial charge in [-0.1, -0.05) is 6.07 Å². The maximum atomic E-state index is 12.8. The lowest BCUT2D eigenvalue weighted by molar-refractivity contribution is 0.157. The number of aromatic nitrogens is 2. The first kappa shape index (κ1) is 17.1. The van der Waals surface area contributed by atoms with Crippen LogP contribution in [0.1, 0.15) is 30.5 Å². The number of nitrogen functional groups attached to an aromatic ring is 1. The molecule has 0 saturated carbocycles. The summed E-state index contributed by atoms with van der Waals surface area (Å²) in [4.78, 5) is 24.6. The molecule has 4 rings (SSSR count). The number of carbonyl (C=O) groups excluding carboxylic acids is 1. The van der Waals surface area contributed by atoms with Gasteiger partial charge in [0.2, 0.25) is 5.95 Å². The number of urea groups is 1. The highest BCUT2D eigenvalue weighted by atomic mass is 32.2. The summed E-state index contributed by atoms with van der Waals surface area (Å²) >= 11 is 1.66. The Morgan fingerprint density at radius 3 is 3.12 bits per heavy atom. The summed E-state index contributed by atoms with van der Waals surface area (Å²) in [7, 11) is 0. The lowest BCUT2D eigenvalue weighted by Crippen LogP contribution is -2.49. The van der Waals surface area contributed by atoms with Gasteiger partial charge in [0.05, 0.1) is 5.69 Å². The molecule has 1 atom stereocenters. The lowest BCUT2D eigenvalue weighted by Gasteiger charge is -2.40. The van der Waals surface area contributed by atoms with Crippen molar-refractivity contribution in [3.05, 3.63) is 41.7 Å². The van der Waals surface area contributed by atoms with E-state index in [9.17, 15) is 4.79 Å². The van der Waals surface area contributed by atoms with Gasteiger partial charge in [-0.15, -0.1) is 11.8 Å². The van der Waals surface area contributed by atoms with Gasteiger partial charge in [-0.2, -0.15) is 0 Å². The first-order chi connectivity index (χ1) is 12.6. The number of carbonyl (C=O) groups is 1. The van der Waals surface area contributed by atoms with Crippen LogP contribution in [0.15, 0.2) is 35.4 Å². The molecule has 2 aliphatic rings. The molecule has 1 aliphatic carbocycles. The molecule has 1 fully saturated rings. The van der Waals surface area contributed by atoms with Crippen molar-refractivity contribution in [3.8, 4) is 0 Å². The number of fused-ring (bicyclic) bond motifs is 2. The van der Waals surface area contributed by atoms with Crippen LogP contribution < -0.4 is 11.1 Å². The summed E-state index contributed by atoms with van der Waals surface area (Å²) in [5.41, 5.74) is 8.80. The predicted molar refractivity (Wildman–Crippen MR) is 104 cm³/mol. The van der Waals surface area contributed by atoms with Crippen molar-refractivity contribution in [2.24, 2.45) is 0 Å². The minimum Gasteiger partial charge on any atom is -0.368 e. The number of nitrogens with one attached hydrogen (secondary N) is 1. The Bertz CT molecular complexity index is 838. The first-order valence-corrected chi connectivity index (χ1v) is 10.1. The molecular weight excluding hydrogens is 346 g/mol. The molecule has 136 valence electrons. The van der Waals surface area contributed by atoms with E-state index in [1.165, 1.54) is 5.56 Å². The number of piperidine rings is 1. The van der Waals surface area contributed by atoms with Crippen molar-refractivity contribution in [3.63, 3.8) is 0 Å². The normalized spacial score (nSPS) is 21.7. The second kappa shape index (κ2) is 6.79. The second-order valence-corrected chi connectivity index (χ2v) is 7.95. The lowest BCUT2D eigenvalue weighted by atomic mass is 9.77. The van der Waals surface area contributed by atoms with Gasteiger partial charge in [-0.3, -0.25) is 0 Å². The summed E-state index contributed by atoms with van der Waals surface area (Å²) in [6.07, 6.45) is 7.86. The topological polar surface area (TPSA) is 84.1 Å². The number of anilines is 2. The summed E-state index contributed by atoms with van der Waals surface area (Å²) in [6.45, 7) is 1.45. The monoisotopic (exact) mass is 369 g/mol. The van der Waals surface area contributed by atoms with E-state index in [1.54, 1.807) is 11.8 Å². The van der Waals surface area contributed by atoms with Crippen molar-refractivity contribution in [1.29, 1.82) is 0 Å². The van der Waals surface area contributed by atoms with Crippen molar-refractivity contribution >= 4 is 29.4 Å². The Hall–Kier alpha value is -2.28. The number of nitrogens with zero attached hydrogens (tertiary/aromatic N) is 3. The second-order valence-electron chi connectivity index (χ2n) is 7.07. The van der Waals surface area contributed by atoms with Crippen molar-refractivity contribution in [2.75, 3.05) is 30.4 Å². The van der Waals surface area contributed by atoms with Gasteiger partial charge >= 0.3 is 6.03 Å². The molecule has 0 bridgehead atoms. The summed E-state index contributed by atoms with van der Waals surface area (Å²) < 4.78 is 0. The Balaban J connectivity index is 1.52. The zero-order chi connectivity index (χ0) is 18.1. The molecule has 26 heavy (non-hydrogen) atoms. The van der Waals surface area contributed by atoms with E-state index in [-0.39, 0.29) is 11.4 Å². The minimum absolute atomic E-state index is 0.0437. The maximum absolute atomic E-state index is 12.8. The highest BCUT2D eigenvalue weighted by molar-refractivity contribution is 7.98. The molecule has 2 aromatic rings. The summed E-state index contributed by atoms with van der Waals surface area (Å²) in [6, 6.07) is 7.89. The van der Waals surface area contributed by atoms with Gasteiger partial charge in [-0.05, 0) is 55.7 Å². The Labute approximate surface area is 157 Å². The molecule has 1 aromatic carbocycles. The molecule has 1 aliphatic heterocycles. The predicted octanol–water partition coefficient (Wildman–Crippen LogP) is 3.29. The van der Waals surface area contributed by atoms with E-state index >= 15 is 0 Å². The zero-order valence-electron chi connectivity index (χ0n) is 14.9. The number of rotatable bonds is 2. The molecule has 1 aromatic heterocycles. The van der Waals surface area contributed by atoms with E-state index in [4.69, 9.17) is 5.73 Å². The van der Waals surface area contributed by atoms with E-state index in [2.05, 4.69) is 15.3 Å². The van der Waals surface area contributed by atoms with Crippen LogP contribution in [0.5, 0.6) is 0 Å². The fourth-order valence-corrected chi connectivity index (χ4v) is 4.62. The minimum atomic E-state index is -0.0803. The van der Waals surface area contributed by atoms with E-state index in [1.807, 2.05) is 41.6 Å². The average molecular weight is 369 g/mol. The first-order valence-electron chi connectivity index (χ1n) is 8.91. The van der Waals surface area contributed by atoms with Gasteiger partial charge in [0.1, 0.15) is 0 Å². The fraction of sp³-hybridized carbons (Fsp3) is 0.421. The van der Waals surface area contributed by atoms with Crippen LogP contribution >= 0.6 is 11.8 Å². The Morgan fingerprint density at radius 1 is 1.38 bits per heavy atom. The van der Waals surface area contributed by atoms with Gasteiger partial charge in [0.25, 0.3) is 0 Å². The van der Waals surface area contributed by atoms with Crippen LogP contribution in [0, 0.1) is 0 Å². The number of hydrogen-bond acceptors (Lipinski definition) is 5. The van der Waals surface area contributed by atoms with E-state index < -0.39 is 0 Å². The summed E-state index contributed by atoms with van der Waals surface area (Å²) in [5.74, 6) is 0.320. The zero-order valence-corrected chi connectivity index (χ0v) is 15.7. The number of benzene rings is 1. The van der Waals surface area contributed by atoms with Crippen LogP contribution in [0.2, 0.25) is 0 Å². The largest absolute Gasteiger partial charge is 0.368 e. The number of thioether (sulfide) groups is 1. The number of likely N-dealkylation sites (tertiary alicyclic amines) is 1. The molecule has 1 unspecified atom stereocenters. The van der Waals surface area contributed by atoms with Gasteiger partial charge in [-0.25, -0.2) is 14.8 Å². The van der Waals surface area contributed by atoms with Gasteiger partial charge < -0.3 is 16.0 Å². The van der Waals surface area contributed by atoms with Crippen molar-refractivity contribution in [1.82, 2.24) is 14.9 Å². The summed E-state index contributed by atoms with van der Waals surface area (Å²) in [5, 5.41) is 3.04. The standard InChI is InChI=1S/C19H23N5OS/c1-26-15-5-2-4-14(10-15)22-18(25)24-9-3-7-19(12-24)8-6-13-11-21-17(20)23-16(13)19/h2,4-5,10-11H,3,6-9,12H2,1H3,(H,22,25)(H2,20,21,23). The molecule has 3 N–H and O–H groups in total. The number of nitrogens with two attached hydrogens (primary N) is 1. The van der Waals surface area contributed by atoms with Crippen LogP contribution in [-0.4, -0.2) is 40.2 Å². The van der Waals surface area contributed by atoms with Crippen LogP contribution in [0.4, 0.5) is 16.4 Å². The number of hydrogen-bond donors (Lipinski definition) is 2. The average Bonchev–Trinajstić information content (AvgIpc) is 2.99. The van der Waals surface area contributed by atoms with Gasteiger partial charge in [0.15, 0.2) is 0 Å². The number of aryl methyl sites for hydroxylation is 1. The number of amides is 2. The molecule has 1 saturated heterocycles. The Morgan fingerprint density at radius 2 is 2.27 bits per heavy atom. The molecular formula is C19H23N5OS. The van der Waals surface area contributed by atoms with Crippen LogP contribution in [-0.2, 0) is 11.8 Å². The third-order valence-electron chi connectivity index (χ3n) is 5.44. The van der Waals surface area contributed by atoms with Gasteiger partial charge in [0, 0.05) is 35.3 Å². The molecule has 2 heterocycles.